The Labute approximate surface area is 74.9 Å². The van der Waals surface area contributed by atoms with Crippen LogP contribution in [0.4, 0.5) is 0 Å². The average Bonchev–Trinajstić information content (AvgIpc) is 2.06. The molecule has 12 heavy (non-hydrogen) atoms. The van der Waals surface area contributed by atoms with Crippen LogP contribution in [0.5, 0.6) is 0 Å². The molecule has 0 aliphatic carbocycles. The van der Waals surface area contributed by atoms with E-state index in [1.54, 1.807) is 13.8 Å². The Morgan fingerprint density at radius 2 is 1.58 bits per heavy atom. The summed E-state index contributed by atoms with van der Waals surface area (Å²) in [6, 6.07) is 0. The van der Waals surface area contributed by atoms with Crippen molar-refractivity contribution < 1.29 is 14.3 Å². The maximum atomic E-state index is 9.78. The van der Waals surface area contributed by atoms with Gasteiger partial charge in [-0.25, -0.2) is 0 Å². The fraction of sp³-hybridized carbons (Fsp3) is 1.00. The van der Waals surface area contributed by atoms with Crippen LogP contribution in [0.15, 0.2) is 0 Å². The van der Waals surface area contributed by atoms with Gasteiger partial charge in [-0.3, -0.25) is 0 Å². The first-order chi connectivity index (χ1) is 5.46. The third-order valence-electron chi connectivity index (χ3n) is 2.16. The Hall–Kier alpha value is 0.310. The molecule has 0 heterocycles. The quantitative estimate of drug-likeness (QED) is 0.505. The van der Waals surface area contributed by atoms with Crippen LogP contribution >= 0.6 is 7.28 Å². The van der Waals surface area contributed by atoms with E-state index in [2.05, 4.69) is 0 Å². The molecule has 0 aromatic rings. The minimum atomic E-state index is -3.70. The zero-order valence-corrected chi connectivity index (χ0v) is 9.18. The van der Waals surface area contributed by atoms with Crippen molar-refractivity contribution in [2.45, 2.75) is 33.6 Å². The number of unbranched alkanes of at least 4 members (excludes halogenated alkanes) is 1. The Balaban J connectivity index is 3.97. The zero-order valence-electron chi connectivity index (χ0n) is 8.29. The van der Waals surface area contributed by atoms with Gasteiger partial charge in [0.2, 0.25) is 0 Å². The molecule has 0 aromatic heterocycles. The van der Waals surface area contributed by atoms with E-state index in [1.807, 2.05) is 6.92 Å². The predicted octanol–water partition coefficient (Wildman–Crippen LogP) is 2.13. The maximum absolute atomic E-state index is 9.78. The first kappa shape index (κ1) is 12.3. The Morgan fingerprint density at radius 1 is 1.08 bits per heavy atom. The second-order valence-electron chi connectivity index (χ2n) is 3.12. The first-order valence-corrected chi connectivity index (χ1v) is 7.06. The molecule has 0 atom stereocenters. The van der Waals surface area contributed by atoms with E-state index in [0.29, 0.717) is 18.9 Å². The summed E-state index contributed by atoms with van der Waals surface area (Å²) >= 11 is 0. The summed E-state index contributed by atoms with van der Waals surface area (Å²) in [5.41, 5.74) is 0. The van der Waals surface area contributed by atoms with Gasteiger partial charge in [-0.2, -0.15) is 0 Å². The van der Waals surface area contributed by atoms with Crippen LogP contribution in [0.25, 0.3) is 0 Å². The SMILES string of the molecule is CCCCOP(O)(O)(CC)CC. The molecule has 0 spiro atoms. The van der Waals surface area contributed by atoms with Gasteiger partial charge < -0.3 is 0 Å². The van der Waals surface area contributed by atoms with Crippen molar-refractivity contribution in [3.8, 4) is 0 Å². The summed E-state index contributed by atoms with van der Waals surface area (Å²) < 4.78 is 5.20. The zero-order chi connectivity index (χ0) is 9.69. The molecule has 0 radical (unpaired) electrons. The molecular formula is C8H21O3P. The van der Waals surface area contributed by atoms with Gasteiger partial charge in [0.25, 0.3) is 0 Å². The molecule has 2 N–H and O–H groups in total. The van der Waals surface area contributed by atoms with Crippen LogP contribution in [0.2, 0.25) is 0 Å². The summed E-state index contributed by atoms with van der Waals surface area (Å²) in [6.45, 7) is 6.02. The molecule has 0 fully saturated rings. The van der Waals surface area contributed by atoms with Crippen LogP contribution < -0.4 is 0 Å². The van der Waals surface area contributed by atoms with Gasteiger partial charge in [-0.15, -0.1) is 0 Å². The van der Waals surface area contributed by atoms with Gasteiger partial charge in [0.05, 0.1) is 0 Å². The molecule has 0 bridgehead atoms. The van der Waals surface area contributed by atoms with Gasteiger partial charge in [-0.1, -0.05) is 0 Å². The standard InChI is InChI=1S/C8H21O3P/c1-4-7-8-11-12(9,10,5-2)6-3/h9-10H,4-8H2,1-3H3. The van der Waals surface area contributed by atoms with E-state index in [0.717, 1.165) is 12.8 Å². The summed E-state index contributed by atoms with van der Waals surface area (Å²) in [5.74, 6) is 0. The predicted molar refractivity (Wildman–Crippen MR) is 53.3 cm³/mol. The van der Waals surface area contributed by atoms with Crippen LogP contribution in [0.1, 0.15) is 33.6 Å². The Bertz CT molecular complexity index is 128. The van der Waals surface area contributed by atoms with E-state index < -0.39 is 7.28 Å². The Morgan fingerprint density at radius 3 is 1.92 bits per heavy atom. The fourth-order valence-electron chi connectivity index (χ4n) is 0.826. The van der Waals surface area contributed by atoms with Crippen LogP contribution in [0.3, 0.4) is 0 Å². The molecular weight excluding hydrogens is 175 g/mol. The second-order valence-corrected chi connectivity index (χ2v) is 7.24. The molecule has 4 heteroatoms. The molecule has 0 unspecified atom stereocenters. The van der Waals surface area contributed by atoms with Gasteiger partial charge in [0.15, 0.2) is 0 Å². The third-order valence-corrected chi connectivity index (χ3v) is 5.48. The second kappa shape index (κ2) is 4.52. The molecule has 0 saturated carbocycles. The Kier molecular flexibility index (Phi) is 4.64. The summed E-state index contributed by atoms with van der Waals surface area (Å²) in [7, 11) is -3.70. The minimum absolute atomic E-state index is 0.325. The normalized spacial score (nSPS) is 15.6. The summed E-state index contributed by atoms with van der Waals surface area (Å²) in [4.78, 5) is 19.6. The molecule has 0 amide bonds. The number of hydrogen-bond donors (Lipinski definition) is 2. The van der Waals surface area contributed by atoms with E-state index in [1.165, 1.54) is 0 Å². The van der Waals surface area contributed by atoms with E-state index in [4.69, 9.17) is 4.52 Å². The monoisotopic (exact) mass is 196 g/mol. The van der Waals surface area contributed by atoms with Gasteiger partial charge in [0.1, 0.15) is 0 Å². The van der Waals surface area contributed by atoms with Crippen molar-refractivity contribution in [1.82, 2.24) is 0 Å². The van der Waals surface area contributed by atoms with Gasteiger partial charge >= 0.3 is 74.1 Å². The number of rotatable bonds is 6. The molecule has 0 aliphatic heterocycles. The van der Waals surface area contributed by atoms with Crippen LogP contribution in [0, 0.1) is 0 Å². The van der Waals surface area contributed by atoms with E-state index in [9.17, 15) is 9.79 Å². The third kappa shape index (κ3) is 3.81. The van der Waals surface area contributed by atoms with E-state index in [-0.39, 0.29) is 0 Å². The van der Waals surface area contributed by atoms with E-state index >= 15 is 0 Å². The van der Waals surface area contributed by atoms with Crippen molar-refractivity contribution >= 4 is 7.28 Å². The van der Waals surface area contributed by atoms with Crippen molar-refractivity contribution in [3.05, 3.63) is 0 Å². The van der Waals surface area contributed by atoms with Crippen molar-refractivity contribution in [2.75, 3.05) is 18.9 Å². The summed E-state index contributed by atoms with van der Waals surface area (Å²) in [6.07, 6.45) is 2.55. The molecule has 3 nitrogen and oxygen atoms in total. The molecule has 0 saturated heterocycles. The van der Waals surface area contributed by atoms with Crippen molar-refractivity contribution in [2.24, 2.45) is 0 Å². The topological polar surface area (TPSA) is 49.7 Å². The molecule has 0 aromatic carbocycles. The van der Waals surface area contributed by atoms with Crippen LogP contribution in [-0.2, 0) is 4.52 Å². The molecule has 76 valence electrons. The number of hydrogen-bond acceptors (Lipinski definition) is 3. The van der Waals surface area contributed by atoms with Crippen LogP contribution in [-0.4, -0.2) is 28.7 Å². The van der Waals surface area contributed by atoms with Crippen molar-refractivity contribution in [1.29, 1.82) is 0 Å². The molecule has 0 aliphatic rings. The van der Waals surface area contributed by atoms with Gasteiger partial charge in [0, 0.05) is 0 Å². The fourth-order valence-corrected chi connectivity index (χ4v) is 2.19. The summed E-state index contributed by atoms with van der Waals surface area (Å²) in [5, 5.41) is 0. The first-order valence-electron chi connectivity index (χ1n) is 4.63. The molecule has 0 rings (SSSR count). The average molecular weight is 196 g/mol. The van der Waals surface area contributed by atoms with Crippen molar-refractivity contribution in [3.63, 3.8) is 0 Å². The van der Waals surface area contributed by atoms with Gasteiger partial charge in [-0.05, 0) is 0 Å².